The molecule has 1 aliphatic rings. The van der Waals surface area contributed by atoms with E-state index in [4.69, 9.17) is 4.74 Å². The normalized spacial score (nSPS) is 13.6. The minimum Gasteiger partial charge on any atom is -0.497 e. The van der Waals surface area contributed by atoms with Crippen LogP contribution in [-0.4, -0.2) is 12.0 Å². The summed E-state index contributed by atoms with van der Waals surface area (Å²) in [5.74, 6) is 0.737. The summed E-state index contributed by atoms with van der Waals surface area (Å²) in [4.78, 5) is 2.26. The zero-order chi connectivity index (χ0) is 15.7. The minimum atomic E-state index is -0.130. The first kappa shape index (κ1) is 14.6. The van der Waals surface area contributed by atoms with Crippen molar-refractivity contribution in [2.75, 3.05) is 7.11 Å². The number of halogens is 1. The van der Waals surface area contributed by atoms with Crippen molar-refractivity contribution < 1.29 is 9.13 Å². The molecule has 0 saturated carbocycles. The molecule has 0 spiro atoms. The fourth-order valence-corrected chi connectivity index (χ4v) is 2.91. The number of ether oxygens (including phenoxy) is 1. The summed E-state index contributed by atoms with van der Waals surface area (Å²) in [6.07, 6.45) is 2.11. The van der Waals surface area contributed by atoms with Crippen LogP contribution >= 0.6 is 0 Å². The number of benzene rings is 2. The summed E-state index contributed by atoms with van der Waals surface area (Å²) in [6, 6.07) is 11.7. The molecular formula is C19H20FNO. The van der Waals surface area contributed by atoms with Gasteiger partial charge in [-0.15, -0.1) is 0 Å². The van der Waals surface area contributed by atoms with Gasteiger partial charge in [-0.25, -0.2) is 4.39 Å². The van der Waals surface area contributed by atoms with E-state index in [0.717, 1.165) is 30.0 Å². The molecule has 1 heterocycles. The van der Waals surface area contributed by atoms with Gasteiger partial charge in [0.2, 0.25) is 0 Å². The first-order valence-electron chi connectivity index (χ1n) is 7.41. The Labute approximate surface area is 130 Å². The maximum Gasteiger partial charge on any atom is 0.126 e. The van der Waals surface area contributed by atoms with Gasteiger partial charge >= 0.3 is 0 Å². The molecular weight excluding hydrogens is 277 g/mol. The van der Waals surface area contributed by atoms with Crippen molar-refractivity contribution in [3.63, 3.8) is 0 Å². The third-order valence-electron chi connectivity index (χ3n) is 4.10. The topological polar surface area (TPSA) is 12.5 Å². The van der Waals surface area contributed by atoms with Gasteiger partial charge in [0.1, 0.15) is 11.6 Å². The Hall–Kier alpha value is -2.29. The summed E-state index contributed by atoms with van der Waals surface area (Å²) in [6.45, 7) is 5.49. The molecule has 0 atom stereocenters. The number of hydrogen-bond acceptors (Lipinski definition) is 2. The summed E-state index contributed by atoms with van der Waals surface area (Å²) < 4.78 is 18.9. The highest BCUT2D eigenvalue weighted by Crippen LogP contribution is 2.29. The SMILES string of the molecule is COc1ccc(CN2C=C(C)c3cc(F)c(C)cc3C2)cc1. The van der Waals surface area contributed by atoms with E-state index >= 15 is 0 Å². The smallest absolute Gasteiger partial charge is 0.126 e. The first-order valence-corrected chi connectivity index (χ1v) is 7.41. The maximum atomic E-state index is 13.7. The molecule has 3 heteroatoms. The summed E-state index contributed by atoms with van der Waals surface area (Å²) in [7, 11) is 1.67. The Bertz CT molecular complexity index is 719. The van der Waals surface area contributed by atoms with Crippen molar-refractivity contribution in [3.8, 4) is 5.75 Å². The molecule has 22 heavy (non-hydrogen) atoms. The van der Waals surface area contributed by atoms with Crippen LogP contribution in [0.4, 0.5) is 4.39 Å². The molecule has 0 bridgehead atoms. The van der Waals surface area contributed by atoms with Crippen LogP contribution in [0.2, 0.25) is 0 Å². The van der Waals surface area contributed by atoms with Gasteiger partial charge in [-0.1, -0.05) is 18.2 Å². The highest BCUT2D eigenvalue weighted by Gasteiger charge is 2.17. The van der Waals surface area contributed by atoms with Gasteiger partial charge in [0.15, 0.2) is 0 Å². The third-order valence-corrected chi connectivity index (χ3v) is 4.10. The van der Waals surface area contributed by atoms with Crippen molar-refractivity contribution >= 4 is 5.57 Å². The van der Waals surface area contributed by atoms with Crippen LogP contribution in [-0.2, 0) is 13.1 Å². The van der Waals surface area contributed by atoms with Crippen LogP contribution in [0.5, 0.6) is 5.75 Å². The molecule has 2 aromatic carbocycles. The standard InChI is InChI=1S/C19H20FNO/c1-13-8-16-12-21(10-14(2)18(16)9-19(13)20)11-15-4-6-17(22-3)7-5-15/h4-10H,11-12H2,1-3H3. The Balaban J connectivity index is 1.82. The number of rotatable bonds is 3. The fraction of sp³-hybridized carbons (Fsp3) is 0.263. The van der Waals surface area contributed by atoms with Gasteiger partial charge in [0.05, 0.1) is 7.11 Å². The second kappa shape index (κ2) is 5.84. The molecule has 0 radical (unpaired) electrons. The third kappa shape index (κ3) is 2.84. The van der Waals surface area contributed by atoms with Crippen LogP contribution < -0.4 is 4.74 Å². The molecule has 0 N–H and O–H groups in total. The van der Waals surface area contributed by atoms with Gasteiger partial charge in [-0.2, -0.15) is 0 Å². The largest absolute Gasteiger partial charge is 0.497 e. The van der Waals surface area contributed by atoms with Crippen LogP contribution in [0.1, 0.15) is 29.2 Å². The van der Waals surface area contributed by atoms with Crippen molar-refractivity contribution in [2.45, 2.75) is 26.9 Å². The number of hydrogen-bond donors (Lipinski definition) is 0. The maximum absolute atomic E-state index is 13.7. The number of aryl methyl sites for hydroxylation is 1. The van der Waals surface area contributed by atoms with Gasteiger partial charge in [0.25, 0.3) is 0 Å². The number of allylic oxidation sites excluding steroid dienone is 1. The summed E-state index contributed by atoms with van der Waals surface area (Å²) in [5.41, 5.74) is 5.25. The molecule has 0 saturated heterocycles. The van der Waals surface area contributed by atoms with Crippen molar-refractivity contribution in [2.24, 2.45) is 0 Å². The average molecular weight is 297 g/mol. The van der Waals surface area contributed by atoms with E-state index < -0.39 is 0 Å². The lowest BCUT2D eigenvalue weighted by atomic mass is 9.95. The molecule has 0 fully saturated rings. The number of nitrogens with zero attached hydrogens (tertiary/aromatic N) is 1. The second-order valence-electron chi connectivity index (χ2n) is 5.82. The fourth-order valence-electron chi connectivity index (χ4n) is 2.91. The zero-order valence-electron chi connectivity index (χ0n) is 13.2. The van der Waals surface area contributed by atoms with Gasteiger partial charge in [-0.3, -0.25) is 0 Å². The molecule has 3 rings (SSSR count). The molecule has 0 amide bonds. The molecule has 2 nitrogen and oxygen atoms in total. The lowest BCUT2D eigenvalue weighted by Crippen LogP contribution is -2.21. The first-order chi connectivity index (χ1) is 10.6. The van der Waals surface area contributed by atoms with E-state index in [9.17, 15) is 4.39 Å². The average Bonchev–Trinajstić information content (AvgIpc) is 2.50. The van der Waals surface area contributed by atoms with Crippen LogP contribution in [0.25, 0.3) is 5.57 Å². The van der Waals surface area contributed by atoms with E-state index in [1.54, 1.807) is 13.2 Å². The lowest BCUT2D eigenvalue weighted by molar-refractivity contribution is 0.356. The highest BCUT2D eigenvalue weighted by molar-refractivity contribution is 5.68. The lowest BCUT2D eigenvalue weighted by Gasteiger charge is -2.28. The van der Waals surface area contributed by atoms with Gasteiger partial charge in [0, 0.05) is 19.3 Å². The quantitative estimate of drug-likeness (QED) is 0.826. The van der Waals surface area contributed by atoms with Crippen molar-refractivity contribution in [1.29, 1.82) is 0 Å². The predicted molar refractivity (Wildman–Crippen MR) is 87.0 cm³/mol. The van der Waals surface area contributed by atoms with Crippen LogP contribution in [0.15, 0.2) is 42.6 Å². The Kier molecular flexibility index (Phi) is 3.88. The van der Waals surface area contributed by atoms with E-state index in [-0.39, 0.29) is 5.82 Å². The monoisotopic (exact) mass is 297 g/mol. The molecule has 2 aromatic rings. The number of methoxy groups -OCH3 is 1. The van der Waals surface area contributed by atoms with Crippen molar-refractivity contribution in [1.82, 2.24) is 4.90 Å². The van der Waals surface area contributed by atoms with Gasteiger partial charge in [-0.05, 0) is 59.9 Å². The van der Waals surface area contributed by atoms with E-state index in [1.165, 1.54) is 11.1 Å². The molecule has 0 aliphatic carbocycles. The molecule has 0 unspecified atom stereocenters. The van der Waals surface area contributed by atoms with E-state index in [2.05, 4.69) is 23.2 Å². The van der Waals surface area contributed by atoms with Crippen LogP contribution in [0, 0.1) is 12.7 Å². The van der Waals surface area contributed by atoms with E-state index in [0.29, 0.717) is 5.56 Å². The zero-order valence-corrected chi connectivity index (χ0v) is 13.2. The van der Waals surface area contributed by atoms with Crippen molar-refractivity contribution in [3.05, 3.63) is 70.7 Å². The van der Waals surface area contributed by atoms with E-state index in [1.807, 2.05) is 32.0 Å². The predicted octanol–water partition coefficient (Wildman–Crippen LogP) is 4.52. The van der Waals surface area contributed by atoms with Crippen LogP contribution in [0.3, 0.4) is 0 Å². The summed E-state index contributed by atoms with van der Waals surface area (Å²) >= 11 is 0. The Morgan fingerprint density at radius 2 is 1.86 bits per heavy atom. The highest BCUT2D eigenvalue weighted by atomic mass is 19.1. The summed E-state index contributed by atoms with van der Waals surface area (Å²) in [5, 5.41) is 0. The van der Waals surface area contributed by atoms with Gasteiger partial charge < -0.3 is 9.64 Å². The Morgan fingerprint density at radius 3 is 2.55 bits per heavy atom. The molecule has 1 aliphatic heterocycles. The number of fused-ring (bicyclic) bond motifs is 1. The molecule has 0 aromatic heterocycles. The Morgan fingerprint density at radius 1 is 1.14 bits per heavy atom. The second-order valence-corrected chi connectivity index (χ2v) is 5.82. The minimum absolute atomic E-state index is 0.130. The molecule has 114 valence electrons.